The van der Waals surface area contributed by atoms with Crippen molar-refractivity contribution in [2.45, 2.75) is 0 Å². The summed E-state index contributed by atoms with van der Waals surface area (Å²) in [5.74, 6) is 4.66. The third-order valence-corrected chi connectivity index (χ3v) is 3.32. The molecule has 0 aromatic heterocycles. The van der Waals surface area contributed by atoms with Gasteiger partial charge in [0.2, 0.25) is 0 Å². The monoisotopic (exact) mass is 311 g/mol. The molecular formula is C17H10ClNO3. The minimum atomic E-state index is -0.467. The molecule has 2 aromatic carbocycles. The quantitative estimate of drug-likeness (QED) is 0.633. The number of halogens is 1. The van der Waals surface area contributed by atoms with Gasteiger partial charge < -0.3 is 0 Å². The summed E-state index contributed by atoms with van der Waals surface area (Å²) in [6, 6.07) is 13.7. The zero-order chi connectivity index (χ0) is 15.5. The van der Waals surface area contributed by atoms with Gasteiger partial charge in [-0.3, -0.25) is 9.59 Å². The molecule has 0 radical (unpaired) electrons. The van der Waals surface area contributed by atoms with E-state index in [1.165, 1.54) is 0 Å². The van der Waals surface area contributed by atoms with Gasteiger partial charge in [-0.15, -0.1) is 5.06 Å². The molecule has 0 unspecified atom stereocenters. The van der Waals surface area contributed by atoms with Gasteiger partial charge in [0.05, 0.1) is 11.1 Å². The van der Waals surface area contributed by atoms with Crippen LogP contribution in [0.2, 0.25) is 5.02 Å². The number of hydrogen-bond donors (Lipinski definition) is 0. The van der Waals surface area contributed by atoms with Gasteiger partial charge in [0.25, 0.3) is 11.8 Å². The molecule has 4 nitrogen and oxygen atoms in total. The maximum atomic E-state index is 12.0. The predicted molar refractivity (Wildman–Crippen MR) is 81.2 cm³/mol. The van der Waals surface area contributed by atoms with Crippen molar-refractivity contribution in [1.82, 2.24) is 5.06 Å². The lowest BCUT2D eigenvalue weighted by Gasteiger charge is -2.10. The summed E-state index contributed by atoms with van der Waals surface area (Å²) in [6.07, 6.45) is 0. The first-order valence-electron chi connectivity index (χ1n) is 6.52. The molecule has 1 aliphatic heterocycles. The highest BCUT2D eigenvalue weighted by Gasteiger charge is 2.36. The van der Waals surface area contributed by atoms with Crippen molar-refractivity contribution in [2.75, 3.05) is 6.61 Å². The molecule has 2 aromatic rings. The van der Waals surface area contributed by atoms with Gasteiger partial charge in [-0.05, 0) is 30.3 Å². The van der Waals surface area contributed by atoms with E-state index in [0.717, 1.165) is 10.6 Å². The first-order valence-corrected chi connectivity index (χ1v) is 6.90. The third kappa shape index (κ3) is 2.73. The summed E-state index contributed by atoms with van der Waals surface area (Å²) in [6.45, 7) is -0.0714. The number of benzene rings is 2. The van der Waals surface area contributed by atoms with Crippen LogP contribution in [-0.4, -0.2) is 23.5 Å². The Bertz CT molecular complexity index is 785. The van der Waals surface area contributed by atoms with E-state index in [9.17, 15) is 9.59 Å². The highest BCUT2D eigenvalue weighted by Crippen LogP contribution is 2.22. The second-order valence-corrected chi connectivity index (χ2v) is 4.97. The van der Waals surface area contributed by atoms with Crippen LogP contribution in [0.1, 0.15) is 26.3 Å². The molecule has 0 atom stereocenters. The van der Waals surface area contributed by atoms with Gasteiger partial charge in [-0.2, -0.15) is 0 Å². The van der Waals surface area contributed by atoms with Crippen LogP contribution in [-0.2, 0) is 4.84 Å². The van der Waals surface area contributed by atoms with Gasteiger partial charge in [0.15, 0.2) is 0 Å². The minimum absolute atomic E-state index is 0.0714. The summed E-state index contributed by atoms with van der Waals surface area (Å²) in [5.41, 5.74) is 1.42. The SMILES string of the molecule is O=C1c2ccccc2C(=O)N1OCC#Cc1cccc(Cl)c1. The summed E-state index contributed by atoms with van der Waals surface area (Å²) < 4.78 is 0. The van der Waals surface area contributed by atoms with Crippen LogP contribution >= 0.6 is 11.6 Å². The molecule has 0 N–H and O–H groups in total. The molecule has 0 aliphatic carbocycles. The Morgan fingerprint density at radius 2 is 1.68 bits per heavy atom. The van der Waals surface area contributed by atoms with Crippen molar-refractivity contribution in [3.8, 4) is 11.8 Å². The maximum absolute atomic E-state index is 12.0. The molecule has 3 rings (SSSR count). The third-order valence-electron chi connectivity index (χ3n) is 3.08. The number of hydrogen-bond acceptors (Lipinski definition) is 3. The number of amides is 2. The molecule has 2 amide bonds. The van der Waals surface area contributed by atoms with Gasteiger partial charge >= 0.3 is 0 Å². The fraction of sp³-hybridized carbons (Fsp3) is 0.0588. The van der Waals surface area contributed by atoms with Crippen LogP contribution in [0.5, 0.6) is 0 Å². The summed E-state index contributed by atoms with van der Waals surface area (Å²) >= 11 is 5.85. The topological polar surface area (TPSA) is 46.6 Å². The Balaban J connectivity index is 1.67. The fourth-order valence-electron chi connectivity index (χ4n) is 2.09. The lowest BCUT2D eigenvalue weighted by Crippen LogP contribution is -2.30. The van der Waals surface area contributed by atoms with Crippen molar-refractivity contribution in [3.63, 3.8) is 0 Å². The van der Waals surface area contributed by atoms with Gasteiger partial charge in [0.1, 0.15) is 6.61 Å². The molecule has 0 saturated carbocycles. The van der Waals surface area contributed by atoms with E-state index < -0.39 is 11.8 Å². The molecule has 0 saturated heterocycles. The van der Waals surface area contributed by atoms with Crippen molar-refractivity contribution in [1.29, 1.82) is 0 Å². The number of rotatable bonds is 2. The average molecular weight is 312 g/mol. The van der Waals surface area contributed by atoms with Crippen LogP contribution in [0.15, 0.2) is 48.5 Å². The Morgan fingerprint density at radius 3 is 2.32 bits per heavy atom. The number of imide groups is 1. The van der Waals surface area contributed by atoms with E-state index in [1.807, 2.05) is 0 Å². The Hall–Kier alpha value is -2.61. The predicted octanol–water partition coefficient (Wildman–Crippen LogP) is 2.92. The van der Waals surface area contributed by atoms with Crippen molar-refractivity contribution in [3.05, 3.63) is 70.2 Å². The summed E-state index contributed by atoms with van der Waals surface area (Å²) in [5, 5.41) is 1.34. The van der Waals surface area contributed by atoms with E-state index in [4.69, 9.17) is 16.4 Å². The smallest absolute Gasteiger partial charge is 0.266 e. The molecule has 0 bridgehead atoms. The number of nitrogens with zero attached hydrogens (tertiary/aromatic N) is 1. The van der Waals surface area contributed by atoms with E-state index in [-0.39, 0.29) is 6.61 Å². The summed E-state index contributed by atoms with van der Waals surface area (Å²) in [7, 11) is 0. The Labute approximate surface area is 132 Å². The maximum Gasteiger partial charge on any atom is 0.285 e. The van der Waals surface area contributed by atoms with Crippen LogP contribution in [0.4, 0.5) is 0 Å². The van der Waals surface area contributed by atoms with E-state index in [0.29, 0.717) is 16.1 Å². The molecule has 108 valence electrons. The Kier molecular flexibility index (Phi) is 3.92. The van der Waals surface area contributed by atoms with Crippen molar-refractivity contribution >= 4 is 23.4 Å². The Morgan fingerprint density at radius 1 is 1.00 bits per heavy atom. The number of carbonyl (C=O) groups excluding carboxylic acids is 2. The van der Waals surface area contributed by atoms with E-state index in [2.05, 4.69) is 11.8 Å². The average Bonchev–Trinajstić information content (AvgIpc) is 2.77. The van der Waals surface area contributed by atoms with Gasteiger partial charge in [0, 0.05) is 10.6 Å². The van der Waals surface area contributed by atoms with E-state index in [1.54, 1.807) is 48.5 Å². The summed E-state index contributed by atoms with van der Waals surface area (Å²) in [4.78, 5) is 29.3. The largest absolute Gasteiger partial charge is 0.285 e. The lowest BCUT2D eigenvalue weighted by atomic mass is 10.1. The highest BCUT2D eigenvalue weighted by atomic mass is 35.5. The number of carbonyl (C=O) groups is 2. The first-order chi connectivity index (χ1) is 10.7. The highest BCUT2D eigenvalue weighted by molar-refractivity contribution is 6.30. The standard InChI is InChI=1S/C17H10ClNO3/c18-13-7-3-5-12(11-13)6-4-10-22-19-16(20)14-8-1-2-9-15(14)17(19)21/h1-3,5,7-9,11H,10H2. The fourth-order valence-corrected chi connectivity index (χ4v) is 2.28. The van der Waals surface area contributed by atoms with E-state index >= 15 is 0 Å². The zero-order valence-corrected chi connectivity index (χ0v) is 12.1. The lowest BCUT2D eigenvalue weighted by molar-refractivity contribution is -0.0782. The van der Waals surface area contributed by atoms with Crippen LogP contribution in [0.25, 0.3) is 0 Å². The molecule has 0 fully saturated rings. The second-order valence-electron chi connectivity index (χ2n) is 4.54. The second kappa shape index (κ2) is 6.02. The van der Waals surface area contributed by atoms with Crippen LogP contribution in [0, 0.1) is 11.8 Å². The number of fused-ring (bicyclic) bond motifs is 1. The molecule has 22 heavy (non-hydrogen) atoms. The zero-order valence-electron chi connectivity index (χ0n) is 11.4. The van der Waals surface area contributed by atoms with Crippen molar-refractivity contribution in [2.24, 2.45) is 0 Å². The molecular weight excluding hydrogens is 302 g/mol. The van der Waals surface area contributed by atoms with Gasteiger partial charge in [-0.25, -0.2) is 4.84 Å². The van der Waals surface area contributed by atoms with Crippen LogP contribution in [0.3, 0.4) is 0 Å². The van der Waals surface area contributed by atoms with Crippen molar-refractivity contribution < 1.29 is 14.4 Å². The molecule has 5 heteroatoms. The first kappa shape index (κ1) is 14.3. The molecule has 1 heterocycles. The minimum Gasteiger partial charge on any atom is -0.266 e. The number of hydroxylamine groups is 2. The van der Waals surface area contributed by atoms with Crippen LogP contribution < -0.4 is 0 Å². The molecule has 0 spiro atoms. The molecule has 1 aliphatic rings. The van der Waals surface area contributed by atoms with Gasteiger partial charge in [-0.1, -0.05) is 41.6 Å². The normalized spacial score (nSPS) is 12.9.